The van der Waals surface area contributed by atoms with Crippen LogP contribution in [0.15, 0.2) is 18.2 Å². The molecule has 0 amide bonds. The molecule has 1 aromatic rings. The molecule has 1 fully saturated rings. The molecule has 0 bridgehead atoms. The highest BCUT2D eigenvalue weighted by Crippen LogP contribution is 2.41. The van der Waals surface area contributed by atoms with Crippen molar-refractivity contribution in [2.45, 2.75) is 60.9 Å². The minimum atomic E-state index is -0.253. The Bertz CT molecular complexity index is 503. The van der Waals surface area contributed by atoms with Crippen molar-refractivity contribution >= 4 is 42.0 Å². The second-order valence-electron chi connectivity index (χ2n) is 7.08. The lowest BCUT2D eigenvalue weighted by Gasteiger charge is -2.44. The Morgan fingerprint density at radius 3 is 2.71 bits per heavy atom. The molecule has 0 saturated heterocycles. The number of rotatable bonds is 10. The second kappa shape index (κ2) is 9.74. The smallest absolute Gasteiger partial charge is 0.124 e. The first-order chi connectivity index (χ1) is 11.4. The lowest BCUT2D eigenvalue weighted by atomic mass is 9.74. The first kappa shape index (κ1) is 20.5. The second-order valence-corrected chi connectivity index (χ2v) is 9.53. The van der Waals surface area contributed by atoms with Crippen LogP contribution in [-0.4, -0.2) is 24.0 Å². The van der Waals surface area contributed by atoms with Gasteiger partial charge >= 0.3 is 0 Å². The van der Waals surface area contributed by atoms with Crippen LogP contribution in [0.2, 0.25) is 11.3 Å². The number of nitrogens with two attached hydrogens (primary N) is 1. The van der Waals surface area contributed by atoms with Gasteiger partial charge in [-0.3, -0.25) is 0 Å². The van der Waals surface area contributed by atoms with E-state index in [1.165, 1.54) is 38.1 Å². The Kier molecular flexibility index (Phi) is 8.31. The van der Waals surface area contributed by atoms with Crippen LogP contribution >= 0.6 is 34.2 Å². The molecule has 24 heavy (non-hydrogen) atoms. The number of unbranched alkanes of at least 4 members (excludes halogenated alkanes) is 1. The van der Waals surface area contributed by atoms with Gasteiger partial charge in [0.05, 0.1) is 3.55 Å². The quantitative estimate of drug-likeness (QED) is 0.180. The van der Waals surface area contributed by atoms with Crippen molar-refractivity contribution in [2.24, 2.45) is 11.7 Å². The molecule has 134 valence electrons. The molecular formula is C18H28BClFIN2. The molecule has 0 heterocycles. The Hall–Kier alpha value is 0.155. The van der Waals surface area contributed by atoms with Crippen LogP contribution in [0.4, 0.5) is 4.39 Å². The van der Waals surface area contributed by atoms with Gasteiger partial charge < -0.3 is 11.1 Å². The molecule has 2 nitrogen and oxygen atoms in total. The van der Waals surface area contributed by atoms with E-state index in [2.05, 4.69) is 35.8 Å². The summed E-state index contributed by atoms with van der Waals surface area (Å²) in [6, 6.07) is 5.36. The molecule has 1 saturated carbocycles. The number of benzene rings is 1. The van der Waals surface area contributed by atoms with E-state index in [1.807, 2.05) is 6.07 Å². The van der Waals surface area contributed by atoms with E-state index in [1.54, 1.807) is 6.07 Å². The fourth-order valence-electron chi connectivity index (χ4n) is 3.38. The third-order valence-electron chi connectivity index (χ3n) is 4.98. The van der Waals surface area contributed by atoms with Crippen LogP contribution < -0.4 is 11.1 Å². The fraction of sp³-hybridized carbons (Fsp3) is 0.667. The van der Waals surface area contributed by atoms with Gasteiger partial charge in [0.25, 0.3) is 0 Å². The van der Waals surface area contributed by atoms with Gasteiger partial charge in [-0.1, -0.05) is 53.4 Å². The Labute approximate surface area is 165 Å². The first-order valence-corrected chi connectivity index (χ1v) is 10.5. The number of aryl methyl sites for hydroxylation is 1. The molecular weight excluding hydrogens is 436 g/mol. The van der Waals surface area contributed by atoms with Gasteiger partial charge in [0.15, 0.2) is 0 Å². The zero-order valence-electron chi connectivity index (χ0n) is 14.5. The largest absolute Gasteiger partial charge is 0.317 e. The molecule has 1 aromatic carbocycles. The van der Waals surface area contributed by atoms with Crippen molar-refractivity contribution in [3.63, 3.8) is 0 Å². The molecule has 1 aliphatic carbocycles. The number of nitrogens with one attached hydrogen (secondary N) is 1. The van der Waals surface area contributed by atoms with Gasteiger partial charge in [-0.05, 0) is 68.3 Å². The van der Waals surface area contributed by atoms with Gasteiger partial charge in [-0.2, -0.15) is 0 Å². The minimum Gasteiger partial charge on any atom is -0.317 e. The molecule has 2 rings (SSSR count). The number of halogens is 3. The van der Waals surface area contributed by atoms with Crippen molar-refractivity contribution in [3.05, 3.63) is 34.6 Å². The molecule has 0 spiro atoms. The highest BCUT2D eigenvalue weighted by atomic mass is 127. The summed E-state index contributed by atoms with van der Waals surface area (Å²) >= 11 is 8.34. The average molecular weight is 465 g/mol. The molecule has 1 aliphatic rings. The van der Waals surface area contributed by atoms with Crippen LogP contribution in [0, 0.1) is 11.7 Å². The Morgan fingerprint density at radius 1 is 1.29 bits per heavy atom. The minimum absolute atomic E-state index is 0.0383. The van der Waals surface area contributed by atoms with Crippen LogP contribution in [0.3, 0.4) is 0 Å². The summed E-state index contributed by atoms with van der Waals surface area (Å²) < 4.78 is 13.2. The molecule has 6 heteroatoms. The maximum atomic E-state index is 13.3. The Balaban J connectivity index is 1.60. The van der Waals surface area contributed by atoms with Crippen LogP contribution in [0.5, 0.6) is 0 Å². The predicted molar refractivity (Wildman–Crippen MR) is 112 cm³/mol. The highest BCUT2D eigenvalue weighted by Gasteiger charge is 2.40. The number of alkyl halides is 1. The van der Waals surface area contributed by atoms with Gasteiger partial charge in [-0.25, -0.2) is 4.39 Å². The number of hydrogen-bond donors (Lipinski definition) is 2. The summed E-state index contributed by atoms with van der Waals surface area (Å²) in [4.78, 5) is 0. The average Bonchev–Trinajstić information content (AvgIpc) is 2.43. The van der Waals surface area contributed by atoms with E-state index >= 15 is 0 Å². The maximum Gasteiger partial charge on any atom is 0.124 e. The summed E-state index contributed by atoms with van der Waals surface area (Å²) in [6.07, 6.45) is 9.09. The van der Waals surface area contributed by atoms with Crippen LogP contribution in [-0.2, 0) is 6.42 Å². The first-order valence-electron chi connectivity index (χ1n) is 9.07. The lowest BCUT2D eigenvalue weighted by Crippen LogP contribution is -2.53. The zero-order valence-corrected chi connectivity index (χ0v) is 17.4. The van der Waals surface area contributed by atoms with E-state index in [9.17, 15) is 4.39 Å². The SMILES string of the molecule is BCCCCC(N)(I)[C@H]1C[C@@H](NCCCc2cc(F)cc(Cl)c2)C1. The van der Waals surface area contributed by atoms with Gasteiger partial charge in [-0.15, -0.1) is 0 Å². The zero-order chi connectivity index (χ0) is 17.6. The summed E-state index contributed by atoms with van der Waals surface area (Å²) in [5.74, 6) is 0.381. The molecule has 0 aromatic heterocycles. The highest BCUT2D eigenvalue weighted by molar-refractivity contribution is 14.1. The molecule has 0 radical (unpaired) electrons. The van der Waals surface area contributed by atoms with Crippen molar-refractivity contribution in [3.8, 4) is 0 Å². The van der Waals surface area contributed by atoms with E-state index in [4.69, 9.17) is 17.3 Å². The van der Waals surface area contributed by atoms with Gasteiger partial charge in [0.1, 0.15) is 13.7 Å². The van der Waals surface area contributed by atoms with Crippen molar-refractivity contribution in [1.82, 2.24) is 5.32 Å². The third kappa shape index (κ3) is 6.47. The molecule has 1 atom stereocenters. The summed E-state index contributed by atoms with van der Waals surface area (Å²) in [6.45, 7) is 0.959. The van der Waals surface area contributed by atoms with Crippen LogP contribution in [0.25, 0.3) is 0 Å². The lowest BCUT2D eigenvalue weighted by molar-refractivity contribution is 0.174. The van der Waals surface area contributed by atoms with E-state index in [-0.39, 0.29) is 9.36 Å². The monoisotopic (exact) mass is 464 g/mol. The fourth-order valence-corrected chi connectivity index (χ4v) is 4.51. The summed E-state index contributed by atoms with van der Waals surface area (Å²) in [5.41, 5.74) is 7.46. The Morgan fingerprint density at radius 2 is 2.04 bits per heavy atom. The normalized spacial score (nSPS) is 22.8. The standard InChI is InChI=1S/C18H28BClFIN2/c19-6-2-1-5-18(22,23)14-10-17(11-14)24-7-3-4-13-8-15(20)12-16(21)9-13/h8-9,12,14,17,24H,1-7,10-11,19,23H2/t14-,17+,18?. The third-order valence-corrected chi connectivity index (χ3v) is 6.62. The van der Waals surface area contributed by atoms with E-state index in [0.717, 1.165) is 31.4 Å². The van der Waals surface area contributed by atoms with E-state index < -0.39 is 0 Å². The predicted octanol–water partition coefficient (Wildman–Crippen LogP) is 4.09. The molecule has 1 unspecified atom stereocenters. The van der Waals surface area contributed by atoms with E-state index in [0.29, 0.717) is 17.0 Å². The summed E-state index contributed by atoms with van der Waals surface area (Å²) in [7, 11) is 2.23. The van der Waals surface area contributed by atoms with Crippen molar-refractivity contribution < 1.29 is 4.39 Å². The van der Waals surface area contributed by atoms with Crippen molar-refractivity contribution in [1.29, 1.82) is 0 Å². The maximum absolute atomic E-state index is 13.3. The number of hydrogen-bond acceptors (Lipinski definition) is 2. The van der Waals surface area contributed by atoms with Gasteiger partial charge in [0, 0.05) is 11.1 Å². The van der Waals surface area contributed by atoms with Crippen molar-refractivity contribution in [2.75, 3.05) is 6.54 Å². The van der Waals surface area contributed by atoms with Crippen LogP contribution in [0.1, 0.15) is 44.1 Å². The molecule has 3 N–H and O–H groups in total. The molecule has 0 aliphatic heterocycles. The topological polar surface area (TPSA) is 38.0 Å². The summed E-state index contributed by atoms with van der Waals surface area (Å²) in [5, 5.41) is 4.08. The van der Waals surface area contributed by atoms with Gasteiger partial charge in [0.2, 0.25) is 0 Å².